The maximum atomic E-state index is 12.9. The number of benzene rings is 2. The van der Waals surface area contributed by atoms with Crippen molar-refractivity contribution in [3.05, 3.63) is 59.7 Å². The van der Waals surface area contributed by atoms with Crippen LogP contribution in [-0.4, -0.2) is 55.5 Å². The van der Waals surface area contributed by atoms with Gasteiger partial charge in [0, 0.05) is 25.3 Å². The van der Waals surface area contributed by atoms with E-state index in [0.717, 1.165) is 30.8 Å². The zero-order valence-corrected chi connectivity index (χ0v) is 18.3. The van der Waals surface area contributed by atoms with Crippen molar-refractivity contribution in [1.29, 1.82) is 0 Å². The summed E-state index contributed by atoms with van der Waals surface area (Å²) in [6.45, 7) is 9.01. The minimum absolute atomic E-state index is 0.0264. The molecular formula is C24H33N3O2. The predicted molar refractivity (Wildman–Crippen MR) is 118 cm³/mol. The molecule has 0 bridgehead atoms. The van der Waals surface area contributed by atoms with Gasteiger partial charge < -0.3 is 14.5 Å². The van der Waals surface area contributed by atoms with E-state index in [-0.39, 0.29) is 18.1 Å². The number of anilines is 1. The second kappa shape index (κ2) is 9.31. The van der Waals surface area contributed by atoms with Crippen LogP contribution in [0.1, 0.15) is 38.1 Å². The Morgan fingerprint density at radius 3 is 2.17 bits per heavy atom. The highest BCUT2D eigenvalue weighted by Gasteiger charge is 2.41. The average molecular weight is 396 g/mol. The molecule has 0 aromatic heterocycles. The molecule has 0 N–H and O–H groups in total. The Kier molecular flexibility index (Phi) is 6.80. The lowest BCUT2D eigenvalue weighted by molar-refractivity contribution is -0.129. The van der Waals surface area contributed by atoms with Crippen LogP contribution in [0, 0.1) is 0 Å². The molecule has 3 rings (SSSR count). The molecule has 0 unspecified atom stereocenters. The molecule has 1 aliphatic heterocycles. The lowest BCUT2D eigenvalue weighted by Crippen LogP contribution is -2.32. The van der Waals surface area contributed by atoms with Gasteiger partial charge in [-0.2, -0.15) is 0 Å². The predicted octanol–water partition coefficient (Wildman–Crippen LogP) is 3.95. The fraction of sp³-hybridized carbons (Fsp3) is 0.458. The molecule has 1 aliphatic rings. The van der Waals surface area contributed by atoms with E-state index >= 15 is 0 Å². The van der Waals surface area contributed by atoms with Crippen LogP contribution in [-0.2, 0) is 11.2 Å². The van der Waals surface area contributed by atoms with Gasteiger partial charge in [0.25, 0.3) is 0 Å². The Bertz CT molecular complexity index is 800. The summed E-state index contributed by atoms with van der Waals surface area (Å²) in [6.07, 6.45) is 0.797. The van der Waals surface area contributed by atoms with Crippen LogP contribution < -0.4 is 9.64 Å². The minimum atomic E-state index is -0.113. The van der Waals surface area contributed by atoms with Gasteiger partial charge in [-0.3, -0.25) is 9.69 Å². The first kappa shape index (κ1) is 21.2. The summed E-state index contributed by atoms with van der Waals surface area (Å²) < 4.78 is 5.24. The summed E-state index contributed by atoms with van der Waals surface area (Å²) in [6, 6.07) is 16.6. The Balaban J connectivity index is 1.78. The highest BCUT2D eigenvalue weighted by atomic mass is 16.5. The maximum Gasteiger partial charge on any atom is 0.241 e. The molecule has 1 fully saturated rings. The fourth-order valence-electron chi connectivity index (χ4n) is 4.10. The van der Waals surface area contributed by atoms with Gasteiger partial charge in [-0.25, -0.2) is 0 Å². The van der Waals surface area contributed by atoms with Crippen LogP contribution >= 0.6 is 0 Å². The van der Waals surface area contributed by atoms with E-state index in [1.165, 1.54) is 11.3 Å². The van der Waals surface area contributed by atoms with Crippen molar-refractivity contribution < 1.29 is 9.53 Å². The van der Waals surface area contributed by atoms with E-state index in [4.69, 9.17) is 4.74 Å². The van der Waals surface area contributed by atoms with Gasteiger partial charge in [-0.05, 0) is 69.6 Å². The lowest BCUT2D eigenvalue weighted by Gasteiger charge is -2.29. The molecule has 1 heterocycles. The molecule has 2 atom stereocenters. The number of carbonyl (C=O) groups is 1. The molecule has 1 amide bonds. The van der Waals surface area contributed by atoms with Crippen LogP contribution in [0.4, 0.5) is 5.69 Å². The van der Waals surface area contributed by atoms with Crippen LogP contribution in [0.5, 0.6) is 5.75 Å². The maximum absolute atomic E-state index is 12.9. The van der Waals surface area contributed by atoms with Gasteiger partial charge in [-0.15, -0.1) is 0 Å². The van der Waals surface area contributed by atoms with Gasteiger partial charge in [0.1, 0.15) is 11.9 Å². The molecule has 1 saturated heterocycles. The summed E-state index contributed by atoms with van der Waals surface area (Å²) in [5, 5.41) is 0. The number of likely N-dealkylation sites (N-methyl/N-ethyl adjacent to an activating group) is 1. The zero-order chi connectivity index (χ0) is 21.0. The molecular weight excluding hydrogens is 362 g/mol. The minimum Gasteiger partial charge on any atom is -0.497 e. The largest absolute Gasteiger partial charge is 0.497 e. The second-order valence-corrected chi connectivity index (χ2v) is 7.61. The van der Waals surface area contributed by atoms with Crippen molar-refractivity contribution in [1.82, 2.24) is 9.80 Å². The Hall–Kier alpha value is -2.53. The standard InChI is InChI=1S/C24H33N3O2/c1-6-26(7-2)21-12-10-20(11-13-21)23-25(4)18(3)24(28)27(23)17-16-19-8-14-22(29-5)15-9-19/h8-15,18,23H,6-7,16-17H2,1-5H3/t18-,23+/m0/s1. The second-order valence-electron chi connectivity index (χ2n) is 7.61. The molecule has 2 aromatic carbocycles. The molecule has 2 aromatic rings. The Labute approximate surface area is 174 Å². The molecule has 0 aliphatic carbocycles. The summed E-state index contributed by atoms with van der Waals surface area (Å²) >= 11 is 0. The van der Waals surface area contributed by atoms with E-state index in [1.54, 1.807) is 7.11 Å². The van der Waals surface area contributed by atoms with Crippen LogP contribution in [0.25, 0.3) is 0 Å². The summed E-state index contributed by atoms with van der Waals surface area (Å²) in [5.74, 6) is 1.05. The molecule has 0 saturated carbocycles. The molecule has 29 heavy (non-hydrogen) atoms. The molecule has 0 radical (unpaired) electrons. The van der Waals surface area contributed by atoms with Gasteiger partial charge in [0.2, 0.25) is 5.91 Å². The quantitative estimate of drug-likeness (QED) is 0.678. The number of hydrogen-bond acceptors (Lipinski definition) is 4. The molecule has 5 nitrogen and oxygen atoms in total. The first-order chi connectivity index (χ1) is 14.0. The normalized spacial score (nSPS) is 19.6. The summed E-state index contributed by atoms with van der Waals surface area (Å²) in [7, 11) is 3.71. The molecule has 0 spiro atoms. The zero-order valence-electron chi connectivity index (χ0n) is 18.3. The summed E-state index contributed by atoms with van der Waals surface area (Å²) in [4.78, 5) is 19.5. The van der Waals surface area contributed by atoms with E-state index in [1.807, 2.05) is 31.0 Å². The number of carbonyl (C=O) groups excluding carboxylic acids is 1. The number of amides is 1. The third-order valence-electron chi connectivity index (χ3n) is 6.05. The summed E-state index contributed by atoms with van der Waals surface area (Å²) in [5.41, 5.74) is 3.59. The SMILES string of the molecule is CCN(CC)c1ccc([C@H]2N(CCc3ccc(OC)cc3)C(=O)[C@H](C)N2C)cc1. The van der Waals surface area contributed by atoms with Crippen molar-refractivity contribution in [2.24, 2.45) is 0 Å². The van der Waals surface area contributed by atoms with Gasteiger partial charge >= 0.3 is 0 Å². The fourth-order valence-corrected chi connectivity index (χ4v) is 4.10. The monoisotopic (exact) mass is 395 g/mol. The van der Waals surface area contributed by atoms with Crippen molar-refractivity contribution in [2.45, 2.75) is 39.4 Å². The number of ether oxygens (including phenoxy) is 1. The van der Waals surface area contributed by atoms with Crippen molar-refractivity contribution in [3.63, 3.8) is 0 Å². The molecule has 156 valence electrons. The van der Waals surface area contributed by atoms with Crippen LogP contribution in [0.3, 0.4) is 0 Å². The van der Waals surface area contributed by atoms with Gasteiger partial charge in [0.05, 0.1) is 13.2 Å². The number of hydrogen-bond donors (Lipinski definition) is 0. The first-order valence-electron chi connectivity index (χ1n) is 10.5. The van der Waals surface area contributed by atoms with Crippen LogP contribution in [0.15, 0.2) is 48.5 Å². The smallest absolute Gasteiger partial charge is 0.241 e. The Morgan fingerprint density at radius 1 is 1.00 bits per heavy atom. The van der Waals surface area contributed by atoms with E-state index < -0.39 is 0 Å². The Morgan fingerprint density at radius 2 is 1.62 bits per heavy atom. The number of methoxy groups -OCH3 is 1. The van der Waals surface area contributed by atoms with Gasteiger partial charge in [0.15, 0.2) is 0 Å². The van der Waals surface area contributed by atoms with E-state index in [0.29, 0.717) is 6.54 Å². The lowest BCUT2D eigenvalue weighted by atomic mass is 10.1. The first-order valence-corrected chi connectivity index (χ1v) is 10.5. The van der Waals surface area contributed by atoms with E-state index in [2.05, 4.69) is 60.0 Å². The third kappa shape index (κ3) is 4.40. The van der Waals surface area contributed by atoms with Crippen molar-refractivity contribution in [2.75, 3.05) is 38.7 Å². The number of nitrogens with zero attached hydrogens (tertiary/aromatic N) is 3. The number of rotatable bonds is 8. The van der Waals surface area contributed by atoms with Crippen molar-refractivity contribution in [3.8, 4) is 5.75 Å². The average Bonchev–Trinajstić information content (AvgIpc) is 2.97. The van der Waals surface area contributed by atoms with Gasteiger partial charge in [-0.1, -0.05) is 24.3 Å². The van der Waals surface area contributed by atoms with Crippen molar-refractivity contribution >= 4 is 11.6 Å². The van der Waals surface area contributed by atoms with E-state index in [9.17, 15) is 4.79 Å². The highest BCUT2D eigenvalue weighted by Crippen LogP contribution is 2.34. The third-order valence-corrected chi connectivity index (χ3v) is 6.05. The topological polar surface area (TPSA) is 36.0 Å². The van der Waals surface area contributed by atoms with Crippen LogP contribution in [0.2, 0.25) is 0 Å². The highest BCUT2D eigenvalue weighted by molar-refractivity contribution is 5.84. The molecule has 5 heteroatoms.